The van der Waals surface area contributed by atoms with Crippen LogP contribution in [0.15, 0.2) is 0 Å². The fourth-order valence-electron chi connectivity index (χ4n) is 1.02. The SMILES string of the molecule is CC(CCO)C1COC1. The zero-order valence-corrected chi connectivity index (χ0v) is 5.84. The van der Waals surface area contributed by atoms with Crippen LogP contribution in [-0.4, -0.2) is 24.9 Å². The molecule has 9 heavy (non-hydrogen) atoms. The van der Waals surface area contributed by atoms with Gasteiger partial charge in [0.25, 0.3) is 0 Å². The minimum Gasteiger partial charge on any atom is -0.396 e. The Morgan fingerprint density at radius 1 is 1.67 bits per heavy atom. The van der Waals surface area contributed by atoms with Crippen molar-refractivity contribution in [2.45, 2.75) is 13.3 Å². The molecule has 1 saturated heterocycles. The van der Waals surface area contributed by atoms with E-state index in [1.54, 1.807) is 0 Å². The smallest absolute Gasteiger partial charge is 0.0519 e. The molecular weight excluding hydrogens is 116 g/mol. The topological polar surface area (TPSA) is 29.5 Å². The fraction of sp³-hybridized carbons (Fsp3) is 1.00. The highest BCUT2D eigenvalue weighted by Crippen LogP contribution is 2.22. The minimum absolute atomic E-state index is 0.317. The molecule has 0 aliphatic carbocycles. The average molecular weight is 130 g/mol. The van der Waals surface area contributed by atoms with Crippen molar-refractivity contribution in [2.75, 3.05) is 19.8 Å². The lowest BCUT2D eigenvalue weighted by Crippen LogP contribution is -2.33. The molecule has 1 aliphatic rings. The number of aliphatic hydroxyl groups is 1. The van der Waals surface area contributed by atoms with Gasteiger partial charge in [-0.2, -0.15) is 0 Å². The van der Waals surface area contributed by atoms with Crippen LogP contribution in [0.2, 0.25) is 0 Å². The number of rotatable bonds is 3. The summed E-state index contributed by atoms with van der Waals surface area (Å²) in [5, 5.41) is 8.56. The third-order valence-electron chi connectivity index (χ3n) is 2.05. The Morgan fingerprint density at radius 3 is 2.67 bits per heavy atom. The molecule has 1 N–H and O–H groups in total. The predicted molar refractivity (Wildman–Crippen MR) is 35.2 cm³/mol. The summed E-state index contributed by atoms with van der Waals surface area (Å²) in [7, 11) is 0. The summed E-state index contributed by atoms with van der Waals surface area (Å²) in [4.78, 5) is 0. The largest absolute Gasteiger partial charge is 0.396 e. The van der Waals surface area contributed by atoms with E-state index in [9.17, 15) is 0 Å². The van der Waals surface area contributed by atoms with Crippen molar-refractivity contribution in [3.8, 4) is 0 Å². The lowest BCUT2D eigenvalue weighted by molar-refractivity contribution is -0.0605. The van der Waals surface area contributed by atoms with Gasteiger partial charge in [-0.15, -0.1) is 0 Å². The molecule has 2 heteroatoms. The van der Waals surface area contributed by atoms with Gasteiger partial charge in [-0.05, 0) is 12.3 Å². The first-order valence-electron chi connectivity index (χ1n) is 3.53. The van der Waals surface area contributed by atoms with E-state index in [1.165, 1.54) is 0 Å². The zero-order chi connectivity index (χ0) is 6.69. The van der Waals surface area contributed by atoms with Crippen LogP contribution >= 0.6 is 0 Å². The summed E-state index contributed by atoms with van der Waals surface area (Å²) >= 11 is 0. The Bertz CT molecular complexity index is 79.0. The van der Waals surface area contributed by atoms with E-state index in [1.807, 2.05) is 0 Å². The molecule has 1 heterocycles. The third kappa shape index (κ3) is 1.66. The molecule has 1 unspecified atom stereocenters. The zero-order valence-electron chi connectivity index (χ0n) is 5.84. The molecule has 0 aromatic carbocycles. The Balaban J connectivity index is 2.08. The average Bonchev–Trinajstić information content (AvgIpc) is 1.60. The second kappa shape index (κ2) is 3.18. The standard InChI is InChI=1S/C7H14O2/c1-6(2-3-8)7-4-9-5-7/h6-8H,2-5H2,1H3. The van der Waals surface area contributed by atoms with Crippen LogP contribution in [0.25, 0.3) is 0 Å². The van der Waals surface area contributed by atoms with Crippen molar-refractivity contribution in [1.82, 2.24) is 0 Å². The molecule has 0 radical (unpaired) electrons. The molecule has 0 spiro atoms. The van der Waals surface area contributed by atoms with Crippen LogP contribution in [0.5, 0.6) is 0 Å². The first-order valence-corrected chi connectivity index (χ1v) is 3.53. The van der Waals surface area contributed by atoms with Crippen molar-refractivity contribution < 1.29 is 9.84 Å². The van der Waals surface area contributed by atoms with Crippen LogP contribution in [0.1, 0.15) is 13.3 Å². The first-order chi connectivity index (χ1) is 4.34. The quantitative estimate of drug-likeness (QED) is 0.608. The lowest BCUT2D eigenvalue weighted by atomic mass is 9.90. The van der Waals surface area contributed by atoms with E-state index in [-0.39, 0.29) is 0 Å². The lowest BCUT2D eigenvalue weighted by Gasteiger charge is -2.31. The van der Waals surface area contributed by atoms with E-state index in [0.717, 1.165) is 25.6 Å². The molecule has 0 bridgehead atoms. The van der Waals surface area contributed by atoms with Crippen molar-refractivity contribution in [2.24, 2.45) is 11.8 Å². The van der Waals surface area contributed by atoms with Crippen LogP contribution in [0, 0.1) is 11.8 Å². The minimum atomic E-state index is 0.317. The van der Waals surface area contributed by atoms with Gasteiger partial charge in [0.15, 0.2) is 0 Å². The van der Waals surface area contributed by atoms with E-state index < -0.39 is 0 Å². The summed E-state index contributed by atoms with van der Waals surface area (Å²) in [5.74, 6) is 1.36. The van der Waals surface area contributed by atoms with Gasteiger partial charge < -0.3 is 9.84 Å². The molecule has 0 aromatic heterocycles. The van der Waals surface area contributed by atoms with Crippen LogP contribution in [-0.2, 0) is 4.74 Å². The van der Waals surface area contributed by atoms with Gasteiger partial charge in [-0.25, -0.2) is 0 Å². The molecule has 0 saturated carbocycles. The molecule has 0 amide bonds. The molecule has 2 nitrogen and oxygen atoms in total. The van der Waals surface area contributed by atoms with Crippen molar-refractivity contribution >= 4 is 0 Å². The normalized spacial score (nSPS) is 23.3. The van der Waals surface area contributed by atoms with Gasteiger partial charge >= 0.3 is 0 Å². The maximum Gasteiger partial charge on any atom is 0.0519 e. The Hall–Kier alpha value is -0.0800. The highest BCUT2D eigenvalue weighted by Gasteiger charge is 2.23. The van der Waals surface area contributed by atoms with Crippen LogP contribution in [0.4, 0.5) is 0 Å². The second-order valence-corrected chi connectivity index (χ2v) is 2.79. The molecule has 1 rings (SSSR count). The summed E-state index contributed by atoms with van der Waals surface area (Å²) < 4.78 is 5.02. The highest BCUT2D eigenvalue weighted by atomic mass is 16.5. The number of hydrogen-bond donors (Lipinski definition) is 1. The number of aliphatic hydroxyl groups excluding tert-OH is 1. The summed E-state index contributed by atoms with van der Waals surface area (Å²) in [5.41, 5.74) is 0. The predicted octanol–water partition coefficient (Wildman–Crippen LogP) is 0.651. The van der Waals surface area contributed by atoms with Gasteiger partial charge in [0, 0.05) is 12.5 Å². The van der Waals surface area contributed by atoms with E-state index >= 15 is 0 Å². The van der Waals surface area contributed by atoms with Gasteiger partial charge in [-0.3, -0.25) is 0 Å². The van der Waals surface area contributed by atoms with Crippen LogP contribution in [0.3, 0.4) is 0 Å². The van der Waals surface area contributed by atoms with E-state index in [0.29, 0.717) is 12.5 Å². The third-order valence-corrected chi connectivity index (χ3v) is 2.05. The van der Waals surface area contributed by atoms with E-state index in [4.69, 9.17) is 9.84 Å². The number of ether oxygens (including phenoxy) is 1. The van der Waals surface area contributed by atoms with Crippen molar-refractivity contribution in [3.63, 3.8) is 0 Å². The van der Waals surface area contributed by atoms with Crippen molar-refractivity contribution in [1.29, 1.82) is 0 Å². The second-order valence-electron chi connectivity index (χ2n) is 2.79. The Morgan fingerprint density at radius 2 is 2.33 bits per heavy atom. The first kappa shape index (κ1) is 7.03. The summed E-state index contributed by atoms with van der Waals surface area (Å²) in [6, 6.07) is 0. The number of hydrogen-bond acceptors (Lipinski definition) is 2. The Labute approximate surface area is 55.8 Å². The van der Waals surface area contributed by atoms with E-state index in [2.05, 4.69) is 6.92 Å². The van der Waals surface area contributed by atoms with Crippen LogP contribution < -0.4 is 0 Å². The summed E-state index contributed by atoms with van der Waals surface area (Å²) in [6.45, 7) is 4.30. The van der Waals surface area contributed by atoms with Gasteiger partial charge in [0.1, 0.15) is 0 Å². The maximum absolute atomic E-state index is 8.56. The Kier molecular flexibility index (Phi) is 2.49. The fourth-order valence-corrected chi connectivity index (χ4v) is 1.02. The molecule has 0 aromatic rings. The molecular formula is C7H14O2. The van der Waals surface area contributed by atoms with Crippen molar-refractivity contribution in [3.05, 3.63) is 0 Å². The molecule has 1 fully saturated rings. The molecule has 1 atom stereocenters. The highest BCUT2D eigenvalue weighted by molar-refractivity contribution is 4.71. The molecule has 54 valence electrons. The molecule has 1 aliphatic heterocycles. The van der Waals surface area contributed by atoms with Gasteiger partial charge in [0.2, 0.25) is 0 Å². The van der Waals surface area contributed by atoms with Gasteiger partial charge in [-0.1, -0.05) is 6.92 Å². The monoisotopic (exact) mass is 130 g/mol. The maximum atomic E-state index is 8.56. The summed E-state index contributed by atoms with van der Waals surface area (Å²) in [6.07, 6.45) is 0.925. The van der Waals surface area contributed by atoms with Gasteiger partial charge in [0.05, 0.1) is 13.2 Å².